The minimum Gasteiger partial charge on any atom is -0.477 e. The van der Waals surface area contributed by atoms with Crippen LogP contribution in [0.15, 0.2) is 18.2 Å². The number of halogens is 3. The Balaban J connectivity index is 2.87. The lowest BCUT2D eigenvalue weighted by Crippen LogP contribution is -2.22. The molecule has 0 unspecified atom stereocenters. The van der Waals surface area contributed by atoms with Gasteiger partial charge in [-0.05, 0) is 11.6 Å². The van der Waals surface area contributed by atoms with E-state index in [1.54, 1.807) is 0 Å². The second kappa shape index (κ2) is 6.56. The molecule has 8 heteroatoms. The van der Waals surface area contributed by atoms with Gasteiger partial charge in [-0.15, -0.1) is 0 Å². The highest BCUT2D eigenvalue weighted by Crippen LogP contribution is 2.29. The van der Waals surface area contributed by atoms with Crippen LogP contribution in [0, 0.1) is 10.1 Å². The normalized spacial score (nSPS) is 11.7. The molecule has 0 amide bonds. The molecule has 0 aliphatic carbocycles. The van der Waals surface area contributed by atoms with Crippen molar-refractivity contribution in [1.29, 1.82) is 0 Å². The Hall–Kier alpha value is -1.83. The summed E-state index contributed by atoms with van der Waals surface area (Å²) in [6, 6.07) is 4.08. The number of rotatable bonds is 6. The van der Waals surface area contributed by atoms with E-state index >= 15 is 0 Å². The first-order chi connectivity index (χ1) is 9.19. The summed E-state index contributed by atoms with van der Waals surface area (Å²) in [6.07, 6.45) is -4.54. The Kier molecular flexibility index (Phi) is 5.32. The van der Waals surface area contributed by atoms with Crippen molar-refractivity contribution in [2.24, 2.45) is 0 Å². The summed E-state index contributed by atoms with van der Waals surface area (Å²) in [5.41, 5.74) is 0.127. The minimum absolute atomic E-state index is 0.190. The van der Waals surface area contributed by atoms with Gasteiger partial charge in [0, 0.05) is 18.7 Å². The zero-order valence-corrected chi connectivity index (χ0v) is 11.0. The number of nitro groups is 1. The Bertz CT molecular complexity index is 476. The summed E-state index contributed by atoms with van der Waals surface area (Å²) in [5.74, 6) is -0.388. The van der Waals surface area contributed by atoms with Crippen LogP contribution in [0.25, 0.3) is 0 Å². The molecule has 20 heavy (non-hydrogen) atoms. The monoisotopic (exact) mass is 292 g/mol. The van der Waals surface area contributed by atoms with Crippen LogP contribution in [-0.4, -0.2) is 23.7 Å². The molecule has 1 N–H and O–H groups in total. The maximum atomic E-state index is 12.1. The third kappa shape index (κ3) is 5.43. The third-order valence-electron chi connectivity index (χ3n) is 2.33. The van der Waals surface area contributed by atoms with E-state index in [1.807, 2.05) is 13.8 Å². The van der Waals surface area contributed by atoms with Crippen LogP contribution >= 0.6 is 0 Å². The van der Waals surface area contributed by atoms with E-state index in [1.165, 1.54) is 18.2 Å². The van der Waals surface area contributed by atoms with E-state index in [-0.39, 0.29) is 11.8 Å². The number of nitrogens with one attached hydrogen (secondary N) is 1. The SMILES string of the molecule is CC(C)NCc1ccc(OCC(F)(F)F)c([N+](=O)[O-])c1. The third-order valence-corrected chi connectivity index (χ3v) is 2.33. The molecule has 0 aliphatic rings. The molecule has 0 aliphatic heterocycles. The predicted octanol–water partition coefficient (Wildman–Crippen LogP) is 3.03. The lowest BCUT2D eigenvalue weighted by molar-refractivity contribution is -0.386. The number of nitro benzene ring substituents is 1. The first kappa shape index (κ1) is 16.2. The zero-order chi connectivity index (χ0) is 15.3. The molecular weight excluding hydrogens is 277 g/mol. The fourth-order valence-corrected chi connectivity index (χ4v) is 1.42. The molecule has 0 bridgehead atoms. The van der Waals surface area contributed by atoms with Gasteiger partial charge < -0.3 is 10.1 Å². The highest BCUT2D eigenvalue weighted by Gasteiger charge is 2.30. The lowest BCUT2D eigenvalue weighted by Gasteiger charge is -2.11. The molecule has 112 valence electrons. The van der Waals surface area contributed by atoms with E-state index in [0.29, 0.717) is 12.1 Å². The van der Waals surface area contributed by atoms with E-state index in [9.17, 15) is 23.3 Å². The Morgan fingerprint density at radius 1 is 1.40 bits per heavy atom. The van der Waals surface area contributed by atoms with Crippen molar-refractivity contribution in [3.05, 3.63) is 33.9 Å². The number of hydrogen-bond acceptors (Lipinski definition) is 4. The first-order valence-electron chi connectivity index (χ1n) is 5.89. The fourth-order valence-electron chi connectivity index (χ4n) is 1.42. The van der Waals surface area contributed by atoms with Crippen molar-refractivity contribution < 1.29 is 22.8 Å². The quantitative estimate of drug-likeness (QED) is 0.646. The summed E-state index contributed by atoms with van der Waals surface area (Å²) >= 11 is 0. The minimum atomic E-state index is -4.54. The molecule has 0 saturated heterocycles. The molecule has 1 aromatic carbocycles. The maximum Gasteiger partial charge on any atom is 0.422 e. The number of nitrogens with zero attached hydrogens (tertiary/aromatic N) is 1. The maximum absolute atomic E-state index is 12.1. The Labute approximate surface area is 113 Å². The van der Waals surface area contributed by atoms with Crippen LogP contribution in [-0.2, 0) is 6.54 Å². The largest absolute Gasteiger partial charge is 0.477 e. The van der Waals surface area contributed by atoms with Gasteiger partial charge in [0.15, 0.2) is 12.4 Å². The molecule has 1 aromatic rings. The second-order valence-electron chi connectivity index (χ2n) is 4.50. The lowest BCUT2D eigenvalue weighted by atomic mass is 10.2. The Morgan fingerprint density at radius 3 is 2.55 bits per heavy atom. The van der Waals surface area contributed by atoms with Crippen LogP contribution in [0.5, 0.6) is 5.75 Å². The molecule has 0 spiro atoms. The van der Waals surface area contributed by atoms with Crippen molar-refractivity contribution in [1.82, 2.24) is 5.32 Å². The zero-order valence-electron chi connectivity index (χ0n) is 11.0. The predicted molar refractivity (Wildman–Crippen MR) is 66.6 cm³/mol. The van der Waals surface area contributed by atoms with Crippen LogP contribution in [0.1, 0.15) is 19.4 Å². The number of hydrogen-bond donors (Lipinski definition) is 1. The van der Waals surface area contributed by atoms with Gasteiger partial charge in [0.2, 0.25) is 0 Å². The second-order valence-corrected chi connectivity index (χ2v) is 4.50. The molecule has 5 nitrogen and oxygen atoms in total. The van der Waals surface area contributed by atoms with Crippen molar-refractivity contribution in [3.63, 3.8) is 0 Å². The van der Waals surface area contributed by atoms with Gasteiger partial charge in [0.05, 0.1) is 4.92 Å². The van der Waals surface area contributed by atoms with Gasteiger partial charge in [-0.3, -0.25) is 10.1 Å². The number of benzene rings is 1. The summed E-state index contributed by atoms with van der Waals surface area (Å²) in [4.78, 5) is 10.1. The highest BCUT2D eigenvalue weighted by molar-refractivity contribution is 5.48. The van der Waals surface area contributed by atoms with E-state index in [4.69, 9.17) is 0 Å². The smallest absolute Gasteiger partial charge is 0.422 e. The average molecular weight is 292 g/mol. The molecule has 1 rings (SSSR count). The van der Waals surface area contributed by atoms with E-state index in [0.717, 1.165) is 0 Å². The van der Waals surface area contributed by atoms with Gasteiger partial charge in [-0.1, -0.05) is 19.9 Å². The van der Waals surface area contributed by atoms with Crippen molar-refractivity contribution >= 4 is 5.69 Å². The van der Waals surface area contributed by atoms with Crippen LogP contribution in [0.4, 0.5) is 18.9 Å². The molecule has 0 saturated carbocycles. The van der Waals surface area contributed by atoms with Crippen LogP contribution < -0.4 is 10.1 Å². The molecule has 0 aromatic heterocycles. The topological polar surface area (TPSA) is 64.4 Å². The van der Waals surface area contributed by atoms with Crippen molar-refractivity contribution in [3.8, 4) is 5.75 Å². The fraction of sp³-hybridized carbons (Fsp3) is 0.500. The van der Waals surface area contributed by atoms with Crippen molar-refractivity contribution in [2.75, 3.05) is 6.61 Å². The standard InChI is InChI=1S/C12H15F3N2O3/c1-8(2)16-6-9-3-4-11(10(5-9)17(18)19)20-7-12(13,14)15/h3-5,8,16H,6-7H2,1-2H3. The van der Waals surface area contributed by atoms with Crippen molar-refractivity contribution in [2.45, 2.75) is 32.6 Å². The number of ether oxygens (including phenoxy) is 1. The highest BCUT2D eigenvalue weighted by atomic mass is 19.4. The summed E-state index contributed by atoms with van der Waals surface area (Å²) < 4.78 is 40.6. The average Bonchev–Trinajstić information content (AvgIpc) is 2.33. The molecule has 0 atom stereocenters. The van der Waals surface area contributed by atoms with Crippen LogP contribution in [0.2, 0.25) is 0 Å². The molecule has 0 heterocycles. The summed E-state index contributed by atoms with van der Waals surface area (Å²) in [5, 5.41) is 13.9. The summed E-state index contributed by atoms with van der Waals surface area (Å²) in [7, 11) is 0. The Morgan fingerprint density at radius 2 is 2.05 bits per heavy atom. The molecular formula is C12H15F3N2O3. The van der Waals surface area contributed by atoms with Gasteiger partial charge >= 0.3 is 11.9 Å². The van der Waals surface area contributed by atoms with Gasteiger partial charge in [-0.25, -0.2) is 0 Å². The molecule has 0 fully saturated rings. The van der Waals surface area contributed by atoms with E-state index < -0.39 is 23.4 Å². The van der Waals surface area contributed by atoms with Gasteiger partial charge in [-0.2, -0.15) is 13.2 Å². The van der Waals surface area contributed by atoms with Gasteiger partial charge in [0.25, 0.3) is 0 Å². The van der Waals surface area contributed by atoms with Crippen LogP contribution in [0.3, 0.4) is 0 Å². The first-order valence-corrected chi connectivity index (χ1v) is 5.89. The van der Waals surface area contributed by atoms with E-state index in [2.05, 4.69) is 10.1 Å². The molecule has 0 radical (unpaired) electrons. The number of alkyl halides is 3. The summed E-state index contributed by atoms with van der Waals surface area (Å²) in [6.45, 7) is 2.65. The van der Waals surface area contributed by atoms with Gasteiger partial charge in [0.1, 0.15) is 0 Å².